The van der Waals surface area contributed by atoms with Crippen LogP contribution >= 0.6 is 0 Å². The predicted octanol–water partition coefficient (Wildman–Crippen LogP) is 3.96. The van der Waals surface area contributed by atoms with Crippen molar-refractivity contribution in [3.8, 4) is 5.69 Å². The number of ether oxygens (including phenoxy) is 1. The molecular formula is C22H24N4O3. The highest BCUT2D eigenvalue weighted by Gasteiger charge is 2.20. The Morgan fingerprint density at radius 3 is 2.48 bits per heavy atom. The maximum atomic E-state index is 12.5. The second-order valence-corrected chi connectivity index (χ2v) is 6.82. The van der Waals surface area contributed by atoms with Crippen LogP contribution in [0.3, 0.4) is 0 Å². The second kappa shape index (κ2) is 9.14. The molecule has 2 atom stereocenters. The zero-order valence-electron chi connectivity index (χ0n) is 16.7. The first kappa shape index (κ1) is 20.3. The summed E-state index contributed by atoms with van der Waals surface area (Å²) in [6, 6.07) is 14.4. The van der Waals surface area contributed by atoms with E-state index in [-0.39, 0.29) is 5.91 Å². The van der Waals surface area contributed by atoms with Crippen molar-refractivity contribution in [2.75, 3.05) is 5.32 Å². The molecule has 0 fully saturated rings. The average molecular weight is 392 g/mol. The van der Waals surface area contributed by atoms with Gasteiger partial charge in [0.1, 0.15) is 12.7 Å². The fraction of sp³-hybridized carbons (Fsp3) is 0.273. The van der Waals surface area contributed by atoms with Crippen LogP contribution in [0.2, 0.25) is 0 Å². The van der Waals surface area contributed by atoms with Gasteiger partial charge in [0.25, 0.3) is 5.91 Å². The Morgan fingerprint density at radius 1 is 1.10 bits per heavy atom. The van der Waals surface area contributed by atoms with E-state index in [1.165, 1.54) is 6.33 Å². The number of esters is 1. The van der Waals surface area contributed by atoms with Gasteiger partial charge in [0, 0.05) is 5.69 Å². The molecule has 150 valence electrons. The fourth-order valence-electron chi connectivity index (χ4n) is 2.87. The Labute approximate surface area is 169 Å². The number of para-hydroxylation sites is 1. The molecule has 29 heavy (non-hydrogen) atoms. The smallest absolute Gasteiger partial charge is 0.338 e. The number of hydrogen-bond acceptors (Lipinski definition) is 5. The van der Waals surface area contributed by atoms with Gasteiger partial charge < -0.3 is 10.1 Å². The van der Waals surface area contributed by atoms with Gasteiger partial charge in [-0.2, -0.15) is 5.10 Å². The van der Waals surface area contributed by atoms with Crippen molar-refractivity contribution in [2.24, 2.45) is 0 Å². The van der Waals surface area contributed by atoms with Crippen LogP contribution in [0.1, 0.15) is 49.0 Å². The van der Waals surface area contributed by atoms with Gasteiger partial charge in [0.05, 0.1) is 11.3 Å². The summed E-state index contributed by atoms with van der Waals surface area (Å²) in [5, 5.41) is 6.91. The van der Waals surface area contributed by atoms with Gasteiger partial charge in [-0.1, -0.05) is 32.0 Å². The molecule has 0 saturated carbocycles. The van der Waals surface area contributed by atoms with Crippen molar-refractivity contribution in [3.63, 3.8) is 0 Å². The highest BCUT2D eigenvalue weighted by atomic mass is 16.5. The predicted molar refractivity (Wildman–Crippen MR) is 110 cm³/mol. The molecule has 0 aliphatic rings. The van der Waals surface area contributed by atoms with Crippen LogP contribution in [-0.4, -0.2) is 32.7 Å². The Balaban J connectivity index is 1.63. The molecule has 3 rings (SSSR count). The molecule has 0 bridgehead atoms. The molecule has 1 aromatic heterocycles. The van der Waals surface area contributed by atoms with Crippen molar-refractivity contribution >= 4 is 17.6 Å². The number of nitrogens with one attached hydrogen (secondary N) is 1. The number of benzene rings is 2. The maximum absolute atomic E-state index is 12.5. The van der Waals surface area contributed by atoms with Gasteiger partial charge in [-0.05, 0) is 55.2 Å². The molecule has 1 N–H and O–H groups in total. The normalized spacial score (nSPS) is 12.8. The number of aromatic nitrogens is 3. The third-order valence-electron chi connectivity index (χ3n) is 4.80. The van der Waals surface area contributed by atoms with Gasteiger partial charge in [0.15, 0.2) is 6.10 Å². The topological polar surface area (TPSA) is 86.1 Å². The average Bonchev–Trinajstić information content (AvgIpc) is 3.28. The summed E-state index contributed by atoms with van der Waals surface area (Å²) in [4.78, 5) is 28.8. The molecule has 1 amide bonds. The zero-order valence-corrected chi connectivity index (χ0v) is 16.7. The van der Waals surface area contributed by atoms with Crippen molar-refractivity contribution in [3.05, 3.63) is 72.3 Å². The van der Waals surface area contributed by atoms with E-state index in [2.05, 4.69) is 29.2 Å². The van der Waals surface area contributed by atoms with E-state index < -0.39 is 12.1 Å². The summed E-state index contributed by atoms with van der Waals surface area (Å²) < 4.78 is 6.93. The minimum Gasteiger partial charge on any atom is -0.449 e. The molecule has 0 unspecified atom stereocenters. The van der Waals surface area contributed by atoms with Crippen LogP contribution in [0.4, 0.5) is 5.69 Å². The van der Waals surface area contributed by atoms with E-state index in [1.54, 1.807) is 42.2 Å². The lowest BCUT2D eigenvalue weighted by Crippen LogP contribution is -2.30. The molecule has 0 spiro atoms. The van der Waals surface area contributed by atoms with Gasteiger partial charge in [-0.25, -0.2) is 14.5 Å². The third-order valence-corrected chi connectivity index (χ3v) is 4.80. The summed E-state index contributed by atoms with van der Waals surface area (Å²) in [5.41, 5.74) is 2.93. The largest absolute Gasteiger partial charge is 0.449 e. The molecule has 0 saturated heterocycles. The molecule has 0 aliphatic carbocycles. The number of rotatable bonds is 7. The third kappa shape index (κ3) is 4.87. The number of amides is 1. The number of nitrogens with zero attached hydrogens (tertiary/aromatic N) is 3. The molecule has 0 radical (unpaired) electrons. The highest BCUT2D eigenvalue weighted by Crippen LogP contribution is 2.26. The molecule has 0 aliphatic heterocycles. The Hall–Kier alpha value is -3.48. The first-order chi connectivity index (χ1) is 14.0. The van der Waals surface area contributed by atoms with E-state index in [9.17, 15) is 9.59 Å². The van der Waals surface area contributed by atoms with Crippen LogP contribution in [0.25, 0.3) is 5.69 Å². The molecule has 3 aromatic rings. The summed E-state index contributed by atoms with van der Waals surface area (Å²) in [7, 11) is 0. The van der Waals surface area contributed by atoms with Gasteiger partial charge in [-0.15, -0.1) is 0 Å². The van der Waals surface area contributed by atoms with Crippen molar-refractivity contribution in [1.29, 1.82) is 0 Å². The molecule has 1 heterocycles. The molecule has 7 nitrogen and oxygen atoms in total. The quantitative estimate of drug-likeness (QED) is 0.615. The Bertz CT molecular complexity index is 968. The van der Waals surface area contributed by atoms with E-state index in [0.717, 1.165) is 23.4 Å². The summed E-state index contributed by atoms with van der Waals surface area (Å²) in [5.74, 6) is -0.616. The lowest BCUT2D eigenvalue weighted by Gasteiger charge is -2.18. The molecular weight excluding hydrogens is 368 g/mol. The molecule has 7 heteroatoms. The van der Waals surface area contributed by atoms with Gasteiger partial charge in [0.2, 0.25) is 0 Å². The number of anilines is 1. The van der Waals surface area contributed by atoms with E-state index >= 15 is 0 Å². The van der Waals surface area contributed by atoms with Crippen molar-refractivity contribution < 1.29 is 14.3 Å². The van der Waals surface area contributed by atoms with Gasteiger partial charge >= 0.3 is 5.97 Å². The monoisotopic (exact) mass is 392 g/mol. The zero-order chi connectivity index (χ0) is 20.8. The number of carbonyl (C=O) groups is 2. The summed E-state index contributed by atoms with van der Waals surface area (Å²) in [6.45, 7) is 5.77. The minimum absolute atomic E-state index is 0.313. The van der Waals surface area contributed by atoms with Crippen LogP contribution in [-0.2, 0) is 9.53 Å². The maximum Gasteiger partial charge on any atom is 0.338 e. The first-order valence-corrected chi connectivity index (χ1v) is 9.55. The minimum atomic E-state index is -0.928. The van der Waals surface area contributed by atoms with E-state index in [1.807, 2.05) is 24.3 Å². The Kier molecular flexibility index (Phi) is 6.39. The first-order valence-electron chi connectivity index (χ1n) is 9.55. The lowest BCUT2D eigenvalue weighted by atomic mass is 9.97. The van der Waals surface area contributed by atoms with E-state index in [4.69, 9.17) is 4.74 Å². The van der Waals surface area contributed by atoms with Crippen LogP contribution in [0.5, 0.6) is 0 Å². The highest BCUT2D eigenvalue weighted by molar-refractivity contribution is 5.97. The lowest BCUT2D eigenvalue weighted by molar-refractivity contribution is -0.123. The molecule has 2 aromatic carbocycles. The summed E-state index contributed by atoms with van der Waals surface area (Å²) in [6.07, 6.45) is 3.03. The summed E-state index contributed by atoms with van der Waals surface area (Å²) >= 11 is 0. The van der Waals surface area contributed by atoms with Crippen molar-refractivity contribution in [1.82, 2.24) is 14.8 Å². The fourth-order valence-corrected chi connectivity index (χ4v) is 2.87. The van der Waals surface area contributed by atoms with Crippen LogP contribution in [0.15, 0.2) is 61.2 Å². The number of hydrogen-bond donors (Lipinski definition) is 1. The van der Waals surface area contributed by atoms with Gasteiger partial charge in [-0.3, -0.25) is 4.79 Å². The van der Waals surface area contributed by atoms with Crippen LogP contribution in [0, 0.1) is 0 Å². The second-order valence-electron chi connectivity index (χ2n) is 6.82. The standard InChI is InChI=1S/C22H24N4O3/c1-4-15(2)19-7-5-6-8-20(19)25-21(27)16(3)29-22(28)17-9-11-18(12-10-17)26-14-23-13-24-26/h5-16H,4H2,1-3H3,(H,25,27)/t15-,16-/m1/s1. The van der Waals surface area contributed by atoms with Crippen molar-refractivity contribution in [2.45, 2.75) is 39.2 Å². The number of carbonyl (C=O) groups excluding carboxylic acids is 2. The van der Waals surface area contributed by atoms with E-state index in [0.29, 0.717) is 11.5 Å². The SMILES string of the molecule is CC[C@@H](C)c1ccccc1NC(=O)[C@@H](C)OC(=O)c1ccc(-n2cncn2)cc1. The Morgan fingerprint density at radius 2 is 1.83 bits per heavy atom. The van der Waals surface area contributed by atoms with Crippen LogP contribution < -0.4 is 5.32 Å².